The summed E-state index contributed by atoms with van der Waals surface area (Å²) in [4.78, 5) is 113. The molecule has 0 aromatic heterocycles. The van der Waals surface area contributed by atoms with Gasteiger partial charge < -0.3 is 66.6 Å². The van der Waals surface area contributed by atoms with Crippen LogP contribution in [-0.4, -0.2) is 294 Å². The maximum Gasteiger partial charge on any atom is 0.312 e. The molecule has 0 aromatic rings. The molecule has 8 rings (SSSR count). The van der Waals surface area contributed by atoms with Gasteiger partial charge in [-0.1, -0.05) is 48.0 Å². The summed E-state index contributed by atoms with van der Waals surface area (Å²) in [7, 11) is 0. The molecule has 12 unspecified atom stereocenters. The molecule has 8 fully saturated rings. The first-order valence-corrected chi connectivity index (χ1v) is 37.6. The van der Waals surface area contributed by atoms with E-state index in [1.54, 1.807) is 0 Å². The molecule has 0 aromatic carbocycles. The van der Waals surface area contributed by atoms with Gasteiger partial charge in [-0.05, 0) is 146 Å². The van der Waals surface area contributed by atoms with Gasteiger partial charge in [-0.25, -0.2) is 0 Å². The van der Waals surface area contributed by atoms with E-state index < -0.39 is 0 Å². The molecule has 0 N–H and O–H groups in total. The normalized spacial score (nSPS) is 26.1. The standard InChI is InChI=1S/C20H36N2O5.2C18H32N2O5.C16H28N2O5.CH4/c1-15(12-21-9-6-5-8-17(21)3)19(23)26-14-27-20(24)16(2)13-22-10-7-11-25-18(22)4;1-13(10-19-7-5-6-15(19)3)17(21)24-12-25-18(22)14(2)11-20-8-9-23-16(20)4;1-15-6-3-4-9-19(15)11-7-17(21)24-14-25-18(22)8-12-20-10-5-13-23-16(20)2;1-13-4-3-7-17(13)8-5-15(19)22-12-23-16(20)6-9-18-10-11-21-14(18)2;/h15-18H,5-14H2,1-4H3;13-16H,5-12H2,1-4H3;15-16H,3-14H2,1-2H3;13-14H,3-12H2,1-2H3;1H4. The fraction of sp³-hybridized carbons (Fsp3) is 0.890. The van der Waals surface area contributed by atoms with Gasteiger partial charge in [-0.15, -0.1) is 0 Å². The largest absolute Gasteiger partial charge is 0.428 e. The number of hydrogen-bond acceptors (Lipinski definition) is 28. The van der Waals surface area contributed by atoms with Crippen molar-refractivity contribution in [3.8, 4) is 0 Å². The third-order valence-electron chi connectivity index (χ3n) is 20.4. The summed E-state index contributed by atoms with van der Waals surface area (Å²) in [5, 5.41) is 0. The summed E-state index contributed by atoms with van der Waals surface area (Å²) >= 11 is 0. The topological polar surface area (TPSA) is 273 Å². The maximum atomic E-state index is 12.2. The second-order valence-electron chi connectivity index (χ2n) is 28.4. The van der Waals surface area contributed by atoms with Crippen LogP contribution in [0.3, 0.4) is 0 Å². The third-order valence-corrected chi connectivity index (χ3v) is 20.4. The number of ether oxygens (including phenoxy) is 12. The number of likely N-dealkylation sites (tertiary alicyclic amines) is 4. The van der Waals surface area contributed by atoms with Crippen LogP contribution in [0.2, 0.25) is 0 Å². The van der Waals surface area contributed by atoms with Crippen LogP contribution < -0.4 is 0 Å². The van der Waals surface area contributed by atoms with Gasteiger partial charge in [0.05, 0.1) is 62.6 Å². The van der Waals surface area contributed by atoms with E-state index in [0.29, 0.717) is 103 Å². The first-order valence-electron chi connectivity index (χ1n) is 37.6. The van der Waals surface area contributed by atoms with E-state index in [9.17, 15) is 38.4 Å². The molecule has 28 heteroatoms. The lowest BCUT2D eigenvalue weighted by molar-refractivity contribution is -0.175. The lowest BCUT2D eigenvalue weighted by Crippen LogP contribution is -2.44. The van der Waals surface area contributed by atoms with Crippen molar-refractivity contribution in [2.24, 2.45) is 23.7 Å². The predicted octanol–water partition coefficient (Wildman–Crippen LogP) is 7.07. The Hall–Kier alpha value is -4.72. The average molecular weight is 1440 g/mol. The molecule has 0 spiro atoms. The van der Waals surface area contributed by atoms with Crippen molar-refractivity contribution >= 4 is 47.8 Å². The fourth-order valence-electron chi connectivity index (χ4n) is 13.6. The van der Waals surface area contributed by atoms with E-state index in [1.807, 2.05) is 55.4 Å². The van der Waals surface area contributed by atoms with Gasteiger partial charge in [0.1, 0.15) is 24.9 Å². The van der Waals surface area contributed by atoms with Crippen molar-refractivity contribution in [1.82, 2.24) is 39.2 Å². The third kappa shape index (κ3) is 34.4. The van der Waals surface area contributed by atoms with Crippen molar-refractivity contribution in [3.63, 3.8) is 0 Å². The van der Waals surface area contributed by atoms with Gasteiger partial charge >= 0.3 is 47.8 Å². The Labute approximate surface area is 604 Å². The lowest BCUT2D eigenvalue weighted by atomic mass is 10.0. The van der Waals surface area contributed by atoms with Crippen molar-refractivity contribution < 1.29 is 95.2 Å². The molecule has 0 amide bonds. The molecule has 8 heterocycles. The monoisotopic (exact) mass is 1440 g/mol. The summed E-state index contributed by atoms with van der Waals surface area (Å²) < 4.78 is 62.3. The highest BCUT2D eigenvalue weighted by Gasteiger charge is 2.31. The second kappa shape index (κ2) is 49.1. The summed E-state index contributed by atoms with van der Waals surface area (Å²) in [5.41, 5.74) is 0. The van der Waals surface area contributed by atoms with Gasteiger partial charge in [-0.3, -0.25) is 67.8 Å². The summed E-state index contributed by atoms with van der Waals surface area (Å²) in [6.07, 6.45) is 15.3. The van der Waals surface area contributed by atoms with Gasteiger partial charge in [0.2, 0.25) is 27.2 Å². The lowest BCUT2D eigenvalue weighted by Gasteiger charge is -2.34. The molecule has 101 heavy (non-hydrogen) atoms. The Morgan fingerprint density at radius 2 is 0.545 bits per heavy atom. The van der Waals surface area contributed by atoms with E-state index in [1.165, 1.54) is 64.2 Å². The molecule has 0 aliphatic carbocycles. The molecule has 8 saturated heterocycles. The quantitative estimate of drug-likeness (QED) is 0.0370. The van der Waals surface area contributed by atoms with Crippen LogP contribution in [0.4, 0.5) is 0 Å². The highest BCUT2D eigenvalue weighted by atomic mass is 16.7. The van der Waals surface area contributed by atoms with E-state index in [-0.39, 0.29) is 144 Å². The Morgan fingerprint density at radius 1 is 0.297 bits per heavy atom. The highest BCUT2D eigenvalue weighted by molar-refractivity contribution is 5.75. The van der Waals surface area contributed by atoms with Crippen molar-refractivity contribution in [3.05, 3.63) is 0 Å². The van der Waals surface area contributed by atoms with Crippen LogP contribution in [0.25, 0.3) is 0 Å². The predicted molar refractivity (Wildman–Crippen MR) is 378 cm³/mol. The van der Waals surface area contributed by atoms with Crippen molar-refractivity contribution in [1.29, 1.82) is 0 Å². The van der Waals surface area contributed by atoms with Gasteiger partial charge in [0.25, 0.3) is 0 Å². The van der Waals surface area contributed by atoms with E-state index >= 15 is 0 Å². The highest BCUT2D eigenvalue weighted by Crippen LogP contribution is 2.23. The Morgan fingerprint density at radius 3 is 0.871 bits per heavy atom. The van der Waals surface area contributed by atoms with Crippen LogP contribution in [0.1, 0.15) is 193 Å². The number of carbonyl (C=O) groups is 8. The fourth-order valence-corrected chi connectivity index (χ4v) is 13.6. The zero-order valence-electron chi connectivity index (χ0n) is 63.0. The first-order chi connectivity index (χ1) is 47.9. The minimum atomic E-state index is -0.356. The molecular weight excluding hydrogens is 1310 g/mol. The number of esters is 8. The molecule has 8 aliphatic heterocycles. The average Bonchev–Trinajstić information content (AvgIpc) is 1.49. The zero-order valence-corrected chi connectivity index (χ0v) is 63.0. The van der Waals surface area contributed by atoms with E-state index in [4.69, 9.17) is 56.8 Å². The summed E-state index contributed by atoms with van der Waals surface area (Å²) in [6.45, 7) is 38.5. The molecule has 28 nitrogen and oxygen atoms in total. The van der Waals surface area contributed by atoms with Crippen LogP contribution in [-0.2, 0) is 95.2 Å². The molecule has 0 bridgehead atoms. The summed E-state index contributed by atoms with van der Waals surface area (Å²) in [6, 6.07) is 2.10. The van der Waals surface area contributed by atoms with Crippen molar-refractivity contribution in [2.75, 3.05) is 158 Å². The zero-order chi connectivity index (χ0) is 72.9. The first kappa shape index (κ1) is 88.7. The molecule has 0 radical (unpaired) electrons. The Balaban J connectivity index is 0.000000285. The Bertz CT molecular complexity index is 2270. The van der Waals surface area contributed by atoms with E-state index in [0.717, 1.165) is 78.4 Å². The number of piperidine rings is 2. The van der Waals surface area contributed by atoms with E-state index in [2.05, 4.69) is 66.9 Å². The van der Waals surface area contributed by atoms with Crippen LogP contribution >= 0.6 is 0 Å². The minimum absolute atomic E-state index is 0. The molecule has 584 valence electrons. The van der Waals surface area contributed by atoms with Gasteiger partial charge in [0.15, 0.2) is 0 Å². The van der Waals surface area contributed by atoms with Crippen LogP contribution in [0.5, 0.6) is 0 Å². The molecule has 12 atom stereocenters. The number of carbonyl (C=O) groups excluding carboxylic acids is 8. The second-order valence-corrected chi connectivity index (χ2v) is 28.4. The Kier molecular flexibility index (Phi) is 43.1. The minimum Gasteiger partial charge on any atom is -0.428 e. The number of nitrogens with zero attached hydrogens (tertiary/aromatic N) is 8. The number of hydrogen-bond donors (Lipinski definition) is 0. The molecular formula is C73H132N8O20. The van der Waals surface area contributed by atoms with Crippen molar-refractivity contribution in [2.45, 2.75) is 242 Å². The van der Waals surface area contributed by atoms with Gasteiger partial charge in [-0.2, -0.15) is 0 Å². The maximum absolute atomic E-state index is 12.2. The molecule has 8 aliphatic rings. The van der Waals surface area contributed by atoms with Gasteiger partial charge in [0, 0.05) is 116 Å². The summed E-state index contributed by atoms with van der Waals surface area (Å²) in [5.74, 6) is -3.71. The molecule has 0 saturated carbocycles. The van der Waals surface area contributed by atoms with Crippen LogP contribution in [0, 0.1) is 23.7 Å². The SMILES string of the molecule is C.CC(CN1CCCC1C)C(=O)OCOC(=O)C(C)CN1CCOC1C.CC(CN1CCCCC1C)C(=O)OCOC(=O)C(C)CN1CCCOC1C.CC1CCCCN1CCC(=O)OCOC(=O)CCN1CCCOC1C.CC1CCCN1CCC(=O)OCOC(=O)CCN1CCOC1C. The van der Waals surface area contributed by atoms with Crippen LogP contribution in [0.15, 0.2) is 0 Å². The number of rotatable bonds is 32. The smallest absolute Gasteiger partial charge is 0.312 e.